The third kappa shape index (κ3) is 4.89. The van der Waals surface area contributed by atoms with Gasteiger partial charge in [0.2, 0.25) is 11.7 Å². The number of aromatic nitrogens is 2. The molecule has 8 nitrogen and oxygen atoms in total. The van der Waals surface area contributed by atoms with Crippen molar-refractivity contribution in [3.63, 3.8) is 0 Å². The first kappa shape index (κ1) is 21.2. The highest BCUT2D eigenvalue weighted by Crippen LogP contribution is 2.31. The van der Waals surface area contributed by atoms with Crippen LogP contribution < -0.4 is 14.2 Å². The van der Waals surface area contributed by atoms with E-state index in [2.05, 4.69) is 10.1 Å². The van der Waals surface area contributed by atoms with Crippen molar-refractivity contribution in [1.29, 1.82) is 0 Å². The van der Waals surface area contributed by atoms with E-state index in [0.29, 0.717) is 29.0 Å². The Bertz CT molecular complexity index is 1030. The van der Waals surface area contributed by atoms with E-state index in [1.807, 2.05) is 38.1 Å². The Morgan fingerprint density at radius 3 is 2.50 bits per heavy atom. The number of ether oxygens (including phenoxy) is 3. The fraction of sp³-hybridized carbons (Fsp3) is 0.318. The van der Waals surface area contributed by atoms with Crippen LogP contribution in [0.5, 0.6) is 17.2 Å². The number of nitrogens with zero attached hydrogens (tertiary/aromatic N) is 3. The molecule has 3 rings (SSSR count). The first-order valence-corrected chi connectivity index (χ1v) is 9.40. The maximum Gasteiger partial charge on any atom is 0.260 e. The average molecular weight is 411 g/mol. The van der Waals surface area contributed by atoms with E-state index < -0.39 is 0 Å². The summed E-state index contributed by atoms with van der Waals surface area (Å²) in [5, 5.41) is 3.99. The van der Waals surface area contributed by atoms with Crippen LogP contribution in [0.1, 0.15) is 17.0 Å². The summed E-state index contributed by atoms with van der Waals surface area (Å²) in [6, 6.07) is 11.1. The molecule has 0 N–H and O–H groups in total. The minimum Gasteiger partial charge on any atom is -0.493 e. The van der Waals surface area contributed by atoms with Gasteiger partial charge in [-0.25, -0.2) is 0 Å². The van der Waals surface area contributed by atoms with Gasteiger partial charge in [0.1, 0.15) is 5.75 Å². The fourth-order valence-electron chi connectivity index (χ4n) is 2.76. The lowest BCUT2D eigenvalue weighted by molar-refractivity contribution is -0.132. The van der Waals surface area contributed by atoms with Gasteiger partial charge in [0.15, 0.2) is 18.1 Å². The maximum atomic E-state index is 12.4. The zero-order chi connectivity index (χ0) is 21.7. The van der Waals surface area contributed by atoms with E-state index in [9.17, 15) is 4.79 Å². The Labute approximate surface area is 175 Å². The number of carbonyl (C=O) groups excluding carboxylic acids is 1. The van der Waals surface area contributed by atoms with Gasteiger partial charge >= 0.3 is 0 Å². The van der Waals surface area contributed by atoms with E-state index >= 15 is 0 Å². The standard InChI is InChI=1S/C22H25N3O5/c1-14-6-8-17(10-15(14)2)29-13-21(26)25(3)12-20-23-22(24-30-20)16-7-9-18(27-4)19(11-16)28-5/h6-11H,12-13H2,1-5H3. The summed E-state index contributed by atoms with van der Waals surface area (Å²) in [5.41, 5.74) is 3.00. The molecule has 0 aliphatic carbocycles. The number of rotatable bonds is 8. The van der Waals surface area contributed by atoms with E-state index in [1.165, 1.54) is 10.5 Å². The quantitative estimate of drug-likeness (QED) is 0.561. The topological polar surface area (TPSA) is 86.9 Å². The highest BCUT2D eigenvalue weighted by Gasteiger charge is 2.16. The molecule has 8 heteroatoms. The molecule has 0 saturated carbocycles. The van der Waals surface area contributed by atoms with Gasteiger partial charge in [0.05, 0.1) is 20.8 Å². The molecule has 0 spiro atoms. The van der Waals surface area contributed by atoms with Crippen LogP contribution in [0.15, 0.2) is 40.9 Å². The number of benzene rings is 2. The van der Waals surface area contributed by atoms with Gasteiger partial charge in [-0.1, -0.05) is 11.2 Å². The highest BCUT2D eigenvalue weighted by atomic mass is 16.5. The molecule has 0 atom stereocenters. The van der Waals surface area contributed by atoms with Crippen molar-refractivity contribution in [2.24, 2.45) is 0 Å². The van der Waals surface area contributed by atoms with Crippen LogP contribution in [0.4, 0.5) is 0 Å². The second kappa shape index (κ2) is 9.30. The van der Waals surface area contributed by atoms with Gasteiger partial charge in [-0.15, -0.1) is 0 Å². The molecule has 0 bridgehead atoms. The number of carbonyl (C=O) groups is 1. The Kier molecular flexibility index (Phi) is 6.56. The summed E-state index contributed by atoms with van der Waals surface area (Å²) in [6.07, 6.45) is 0. The second-order valence-corrected chi connectivity index (χ2v) is 6.87. The van der Waals surface area contributed by atoms with Crippen molar-refractivity contribution in [3.8, 4) is 28.6 Å². The van der Waals surface area contributed by atoms with Crippen LogP contribution in [0.2, 0.25) is 0 Å². The molecule has 3 aromatic rings. The van der Waals surface area contributed by atoms with Crippen molar-refractivity contribution >= 4 is 5.91 Å². The average Bonchev–Trinajstić information content (AvgIpc) is 3.22. The highest BCUT2D eigenvalue weighted by molar-refractivity contribution is 5.77. The molecule has 0 fully saturated rings. The summed E-state index contributed by atoms with van der Waals surface area (Å²) in [7, 11) is 4.79. The smallest absolute Gasteiger partial charge is 0.260 e. The first-order chi connectivity index (χ1) is 14.4. The lowest BCUT2D eigenvalue weighted by Gasteiger charge is -2.15. The molecule has 1 heterocycles. The molecule has 30 heavy (non-hydrogen) atoms. The molecule has 0 saturated heterocycles. The Morgan fingerprint density at radius 2 is 1.80 bits per heavy atom. The monoisotopic (exact) mass is 411 g/mol. The van der Waals surface area contributed by atoms with E-state index in [0.717, 1.165) is 11.1 Å². The first-order valence-electron chi connectivity index (χ1n) is 9.40. The second-order valence-electron chi connectivity index (χ2n) is 6.87. The zero-order valence-corrected chi connectivity index (χ0v) is 17.8. The van der Waals surface area contributed by atoms with Gasteiger partial charge in [0, 0.05) is 12.6 Å². The number of aryl methyl sites for hydroxylation is 2. The Balaban J connectivity index is 1.60. The van der Waals surface area contributed by atoms with Crippen LogP contribution in [-0.4, -0.2) is 48.8 Å². The molecular weight excluding hydrogens is 386 g/mol. The van der Waals surface area contributed by atoms with Crippen LogP contribution in [0.25, 0.3) is 11.4 Å². The largest absolute Gasteiger partial charge is 0.493 e. The van der Waals surface area contributed by atoms with Crippen molar-refractivity contribution in [1.82, 2.24) is 15.0 Å². The molecule has 0 unspecified atom stereocenters. The number of hydrogen-bond acceptors (Lipinski definition) is 7. The molecule has 2 aromatic carbocycles. The lowest BCUT2D eigenvalue weighted by Crippen LogP contribution is -2.31. The van der Waals surface area contributed by atoms with Gasteiger partial charge in [0.25, 0.3) is 5.91 Å². The normalized spacial score (nSPS) is 10.6. The van der Waals surface area contributed by atoms with Gasteiger partial charge in [-0.3, -0.25) is 4.79 Å². The minimum atomic E-state index is -0.195. The maximum absolute atomic E-state index is 12.4. The molecule has 0 radical (unpaired) electrons. The predicted octanol–water partition coefficient (Wildman–Crippen LogP) is 3.41. The summed E-state index contributed by atoms with van der Waals surface area (Å²) in [6.45, 7) is 4.13. The van der Waals surface area contributed by atoms with E-state index in [-0.39, 0.29) is 19.1 Å². The van der Waals surface area contributed by atoms with E-state index in [4.69, 9.17) is 18.7 Å². The summed E-state index contributed by atoms with van der Waals surface area (Å²) >= 11 is 0. The summed E-state index contributed by atoms with van der Waals surface area (Å²) in [5.74, 6) is 2.36. The number of methoxy groups -OCH3 is 2. The van der Waals surface area contributed by atoms with Crippen LogP contribution >= 0.6 is 0 Å². The molecule has 158 valence electrons. The SMILES string of the molecule is COc1ccc(-c2noc(CN(C)C(=O)COc3ccc(C)c(C)c3)n2)cc1OC. The fourth-order valence-corrected chi connectivity index (χ4v) is 2.76. The van der Waals surface area contributed by atoms with Gasteiger partial charge in [-0.2, -0.15) is 4.98 Å². The van der Waals surface area contributed by atoms with Crippen LogP contribution in [0.3, 0.4) is 0 Å². The molecule has 0 aliphatic rings. The van der Waals surface area contributed by atoms with Crippen LogP contribution in [-0.2, 0) is 11.3 Å². The minimum absolute atomic E-state index is 0.0737. The van der Waals surface area contributed by atoms with Crippen LogP contribution in [0, 0.1) is 13.8 Å². The number of amides is 1. The van der Waals surface area contributed by atoms with Gasteiger partial charge < -0.3 is 23.6 Å². The molecule has 1 aromatic heterocycles. The van der Waals surface area contributed by atoms with Crippen molar-refractivity contribution in [2.45, 2.75) is 20.4 Å². The lowest BCUT2D eigenvalue weighted by atomic mass is 10.1. The van der Waals surface area contributed by atoms with Crippen molar-refractivity contribution in [2.75, 3.05) is 27.9 Å². The summed E-state index contributed by atoms with van der Waals surface area (Å²) in [4.78, 5) is 18.2. The molecular formula is C22H25N3O5. The van der Waals surface area contributed by atoms with Crippen molar-refractivity contribution < 1.29 is 23.5 Å². The van der Waals surface area contributed by atoms with E-state index in [1.54, 1.807) is 33.4 Å². The Hall–Kier alpha value is -3.55. The third-order valence-electron chi connectivity index (χ3n) is 4.75. The van der Waals surface area contributed by atoms with Crippen molar-refractivity contribution in [3.05, 3.63) is 53.4 Å². The number of likely N-dealkylation sites (N-methyl/N-ethyl adjacent to an activating group) is 1. The summed E-state index contributed by atoms with van der Waals surface area (Å²) < 4.78 is 21.4. The number of hydrogen-bond donors (Lipinski definition) is 0. The van der Waals surface area contributed by atoms with Gasteiger partial charge in [-0.05, 0) is 55.3 Å². The Morgan fingerprint density at radius 1 is 1.03 bits per heavy atom. The zero-order valence-electron chi connectivity index (χ0n) is 17.8. The molecule has 0 aliphatic heterocycles. The third-order valence-corrected chi connectivity index (χ3v) is 4.75. The predicted molar refractivity (Wildman–Crippen MR) is 111 cm³/mol. The molecule has 1 amide bonds.